The summed E-state index contributed by atoms with van der Waals surface area (Å²) in [6, 6.07) is 0. The standard InChI is InChI=1S/C19H28O10/c1-27-11(3-2-4-12-10(7-15(22)23)5-6-13(12)21)9-28-19-18(26)17(25)16(24)14(8-20)29-19/h2-3,11,14,16-20,24-26H,4-9H2,1H3,(H,22,23)/b3-2+. The third kappa shape index (κ3) is 6.16. The van der Waals surface area contributed by atoms with Gasteiger partial charge in [0.2, 0.25) is 0 Å². The second-order valence-electron chi connectivity index (χ2n) is 7.01. The van der Waals surface area contributed by atoms with Gasteiger partial charge in [-0.15, -0.1) is 0 Å². The summed E-state index contributed by atoms with van der Waals surface area (Å²) < 4.78 is 15.9. The number of allylic oxidation sites excluding steroid dienone is 2. The molecule has 29 heavy (non-hydrogen) atoms. The van der Waals surface area contributed by atoms with Gasteiger partial charge in [0.15, 0.2) is 12.1 Å². The topological polar surface area (TPSA) is 163 Å². The number of aliphatic carboxylic acids is 1. The Hall–Kier alpha value is -1.66. The van der Waals surface area contributed by atoms with Gasteiger partial charge in [-0.25, -0.2) is 0 Å². The highest BCUT2D eigenvalue weighted by atomic mass is 16.7. The quantitative estimate of drug-likeness (QED) is 0.276. The lowest BCUT2D eigenvalue weighted by Gasteiger charge is -2.39. The van der Waals surface area contributed by atoms with Crippen LogP contribution in [-0.4, -0.2) is 94.4 Å². The number of Topliss-reactive ketones (excluding diaryl/α,β-unsaturated/α-hetero) is 1. The number of aliphatic hydroxyl groups excluding tert-OH is 4. The van der Waals surface area contributed by atoms with E-state index in [4.69, 9.17) is 19.3 Å². The average molecular weight is 416 g/mol. The maximum atomic E-state index is 11.9. The molecule has 1 fully saturated rings. The van der Waals surface area contributed by atoms with Crippen molar-refractivity contribution in [1.29, 1.82) is 0 Å². The Kier molecular flexibility index (Phi) is 8.90. The molecule has 0 aromatic heterocycles. The molecule has 0 saturated carbocycles. The summed E-state index contributed by atoms with van der Waals surface area (Å²) in [6.45, 7) is -0.620. The molecule has 0 radical (unpaired) electrons. The van der Waals surface area contributed by atoms with Crippen LogP contribution in [0.3, 0.4) is 0 Å². The number of aliphatic hydroxyl groups is 4. The Balaban J connectivity index is 1.91. The molecule has 0 spiro atoms. The van der Waals surface area contributed by atoms with Crippen LogP contribution in [0.1, 0.15) is 25.7 Å². The molecule has 6 atom stereocenters. The SMILES string of the molecule is COC(/C=C/CC1=C(CC(=O)O)CCC1=O)COC1OC(CO)C(O)C(O)C1O. The van der Waals surface area contributed by atoms with E-state index in [1.54, 1.807) is 12.2 Å². The summed E-state index contributed by atoms with van der Waals surface area (Å²) in [5, 5.41) is 47.6. The van der Waals surface area contributed by atoms with Crippen LogP contribution in [0.5, 0.6) is 0 Å². The minimum Gasteiger partial charge on any atom is -0.481 e. The summed E-state index contributed by atoms with van der Waals surface area (Å²) in [5.41, 5.74) is 1.15. The van der Waals surface area contributed by atoms with Gasteiger partial charge >= 0.3 is 5.97 Å². The Bertz CT molecular complexity index is 641. The van der Waals surface area contributed by atoms with E-state index in [0.29, 0.717) is 24.0 Å². The van der Waals surface area contributed by atoms with Crippen LogP contribution in [0, 0.1) is 0 Å². The number of hydrogen-bond acceptors (Lipinski definition) is 9. The van der Waals surface area contributed by atoms with E-state index in [-0.39, 0.29) is 25.2 Å². The van der Waals surface area contributed by atoms with Gasteiger partial charge in [0.1, 0.15) is 24.4 Å². The van der Waals surface area contributed by atoms with Gasteiger partial charge in [-0.05, 0) is 18.4 Å². The van der Waals surface area contributed by atoms with Crippen molar-refractivity contribution >= 4 is 11.8 Å². The fourth-order valence-corrected chi connectivity index (χ4v) is 3.33. The van der Waals surface area contributed by atoms with E-state index < -0.39 is 49.4 Å². The fourth-order valence-electron chi connectivity index (χ4n) is 3.33. The molecule has 164 valence electrons. The molecule has 1 aliphatic heterocycles. The molecule has 6 unspecified atom stereocenters. The van der Waals surface area contributed by atoms with Crippen LogP contribution in [0.25, 0.3) is 0 Å². The van der Waals surface area contributed by atoms with Crippen LogP contribution in [0.2, 0.25) is 0 Å². The highest BCUT2D eigenvalue weighted by Gasteiger charge is 2.44. The minimum absolute atomic E-state index is 0.0579. The molecule has 0 amide bonds. The zero-order valence-electron chi connectivity index (χ0n) is 16.1. The summed E-state index contributed by atoms with van der Waals surface area (Å²) in [4.78, 5) is 22.9. The third-order valence-corrected chi connectivity index (χ3v) is 5.03. The van der Waals surface area contributed by atoms with Crippen molar-refractivity contribution in [1.82, 2.24) is 0 Å². The number of carbonyl (C=O) groups is 2. The third-order valence-electron chi connectivity index (χ3n) is 5.03. The Morgan fingerprint density at radius 2 is 1.97 bits per heavy atom. The molecule has 10 heteroatoms. The van der Waals surface area contributed by atoms with Crippen molar-refractivity contribution in [3.05, 3.63) is 23.3 Å². The molecule has 2 rings (SSSR count). The van der Waals surface area contributed by atoms with Crippen molar-refractivity contribution in [3.8, 4) is 0 Å². The zero-order chi connectivity index (χ0) is 21.6. The molecule has 1 aliphatic carbocycles. The van der Waals surface area contributed by atoms with Crippen molar-refractivity contribution in [2.45, 2.75) is 62.5 Å². The van der Waals surface area contributed by atoms with Gasteiger partial charge in [0.25, 0.3) is 0 Å². The van der Waals surface area contributed by atoms with E-state index in [1.807, 2.05) is 0 Å². The van der Waals surface area contributed by atoms with Crippen molar-refractivity contribution in [2.75, 3.05) is 20.3 Å². The molecular weight excluding hydrogens is 388 g/mol. The largest absolute Gasteiger partial charge is 0.481 e. The Morgan fingerprint density at radius 1 is 1.24 bits per heavy atom. The number of methoxy groups -OCH3 is 1. The first-order chi connectivity index (χ1) is 13.8. The number of ketones is 1. The van der Waals surface area contributed by atoms with E-state index in [2.05, 4.69) is 0 Å². The van der Waals surface area contributed by atoms with Gasteiger partial charge in [0.05, 0.1) is 25.7 Å². The van der Waals surface area contributed by atoms with E-state index in [9.17, 15) is 30.0 Å². The average Bonchev–Trinajstić information content (AvgIpc) is 3.02. The van der Waals surface area contributed by atoms with Crippen LogP contribution in [0.15, 0.2) is 23.3 Å². The highest BCUT2D eigenvalue weighted by Crippen LogP contribution is 2.28. The first-order valence-electron chi connectivity index (χ1n) is 9.35. The number of ether oxygens (including phenoxy) is 3. The molecular formula is C19H28O10. The lowest BCUT2D eigenvalue weighted by molar-refractivity contribution is -0.303. The van der Waals surface area contributed by atoms with Crippen molar-refractivity contribution in [3.63, 3.8) is 0 Å². The van der Waals surface area contributed by atoms with Gasteiger partial charge in [-0.2, -0.15) is 0 Å². The van der Waals surface area contributed by atoms with Gasteiger partial charge in [-0.1, -0.05) is 17.7 Å². The van der Waals surface area contributed by atoms with Crippen LogP contribution in [0.4, 0.5) is 0 Å². The zero-order valence-corrected chi connectivity index (χ0v) is 16.1. The minimum atomic E-state index is -1.53. The van der Waals surface area contributed by atoms with Crippen LogP contribution < -0.4 is 0 Å². The number of rotatable bonds is 10. The lowest BCUT2D eigenvalue weighted by Crippen LogP contribution is -2.59. The summed E-state index contributed by atoms with van der Waals surface area (Å²) in [5.74, 6) is -1.03. The first-order valence-corrected chi connectivity index (χ1v) is 9.35. The first kappa shape index (κ1) is 23.6. The van der Waals surface area contributed by atoms with Crippen molar-refractivity contribution < 1.29 is 49.3 Å². The fraction of sp³-hybridized carbons (Fsp3) is 0.684. The number of carboxylic acids is 1. The van der Waals surface area contributed by atoms with E-state index in [0.717, 1.165) is 0 Å². The maximum absolute atomic E-state index is 11.9. The smallest absolute Gasteiger partial charge is 0.307 e. The molecule has 0 bridgehead atoms. The van der Waals surface area contributed by atoms with Crippen molar-refractivity contribution in [2.24, 2.45) is 0 Å². The predicted molar refractivity (Wildman–Crippen MR) is 97.8 cm³/mol. The highest BCUT2D eigenvalue weighted by molar-refractivity contribution is 5.99. The normalized spacial score (nSPS) is 31.6. The van der Waals surface area contributed by atoms with Gasteiger partial charge in [-0.3, -0.25) is 9.59 Å². The number of carbonyl (C=O) groups excluding carboxylic acids is 1. The van der Waals surface area contributed by atoms with Crippen LogP contribution >= 0.6 is 0 Å². The monoisotopic (exact) mass is 416 g/mol. The maximum Gasteiger partial charge on any atom is 0.307 e. The summed E-state index contributed by atoms with van der Waals surface area (Å²) in [7, 11) is 1.43. The van der Waals surface area contributed by atoms with Crippen LogP contribution in [-0.2, 0) is 23.8 Å². The molecule has 5 N–H and O–H groups in total. The predicted octanol–water partition coefficient (Wildman–Crippen LogP) is -1.10. The molecule has 10 nitrogen and oxygen atoms in total. The van der Waals surface area contributed by atoms with E-state index >= 15 is 0 Å². The number of carboxylic acid groups (broad SMARTS) is 1. The molecule has 1 saturated heterocycles. The Labute approximate surface area is 168 Å². The van der Waals surface area contributed by atoms with Gasteiger partial charge in [0, 0.05) is 13.5 Å². The van der Waals surface area contributed by atoms with E-state index in [1.165, 1.54) is 7.11 Å². The second-order valence-corrected chi connectivity index (χ2v) is 7.01. The summed E-state index contributed by atoms with van der Waals surface area (Å²) >= 11 is 0. The summed E-state index contributed by atoms with van der Waals surface area (Å²) in [6.07, 6.45) is -3.17. The molecule has 2 aliphatic rings. The molecule has 0 aromatic rings. The van der Waals surface area contributed by atoms with Gasteiger partial charge < -0.3 is 39.7 Å². The molecule has 0 aromatic carbocycles. The number of hydrogen-bond donors (Lipinski definition) is 5. The Morgan fingerprint density at radius 3 is 2.59 bits per heavy atom. The second kappa shape index (κ2) is 10.9. The molecule has 1 heterocycles. The lowest BCUT2D eigenvalue weighted by atomic mass is 9.99.